The fraction of sp³-hybridized carbons (Fsp3) is 0.562. The molecule has 2 unspecified atom stereocenters. The predicted molar refractivity (Wildman–Crippen MR) is 78.4 cm³/mol. The zero-order chi connectivity index (χ0) is 15.4. The summed E-state index contributed by atoms with van der Waals surface area (Å²) in [5, 5.41) is 0. The van der Waals surface area contributed by atoms with E-state index in [2.05, 4.69) is 25.7 Å². The van der Waals surface area contributed by atoms with Crippen molar-refractivity contribution in [3.05, 3.63) is 30.1 Å². The molecule has 2 aliphatic rings. The van der Waals surface area contributed by atoms with Crippen molar-refractivity contribution in [1.82, 2.24) is 0 Å². The van der Waals surface area contributed by atoms with Crippen molar-refractivity contribution in [2.75, 3.05) is 18.0 Å². The van der Waals surface area contributed by atoms with Crippen LogP contribution in [0.15, 0.2) is 24.3 Å². The lowest BCUT2D eigenvalue weighted by atomic mass is 9.83. The van der Waals surface area contributed by atoms with Gasteiger partial charge in [0.15, 0.2) is 0 Å². The molecule has 5 heteroatoms. The first-order valence-corrected chi connectivity index (χ1v) is 7.24. The number of rotatable bonds is 2. The average Bonchev–Trinajstić information content (AvgIpc) is 2.79. The van der Waals surface area contributed by atoms with Gasteiger partial charge in [0.25, 0.3) is 0 Å². The van der Waals surface area contributed by atoms with E-state index in [0.717, 1.165) is 18.8 Å². The summed E-state index contributed by atoms with van der Waals surface area (Å²) in [7, 11) is 0. The molecular weight excluding hydrogens is 271 g/mol. The Hall–Kier alpha value is -1.78. The van der Waals surface area contributed by atoms with E-state index in [4.69, 9.17) is 10.5 Å². The van der Waals surface area contributed by atoms with Gasteiger partial charge in [-0.1, -0.05) is 20.8 Å². The minimum absolute atomic E-state index is 0.147. The van der Waals surface area contributed by atoms with Crippen LogP contribution in [0.25, 0.3) is 0 Å². The van der Waals surface area contributed by atoms with Crippen molar-refractivity contribution >= 4 is 11.8 Å². The minimum atomic E-state index is -0.701. The van der Waals surface area contributed by atoms with Gasteiger partial charge in [0, 0.05) is 36.0 Å². The van der Waals surface area contributed by atoms with Crippen LogP contribution in [0.4, 0.5) is 14.9 Å². The third-order valence-electron chi connectivity index (χ3n) is 4.95. The van der Waals surface area contributed by atoms with Crippen molar-refractivity contribution in [1.29, 1.82) is 0 Å². The molecule has 4 nitrogen and oxygen atoms in total. The SMILES string of the molecule is CC(C)(C)C1(OC(N)=O)C2CN(c3ccc(F)cc3)CC21. The van der Waals surface area contributed by atoms with Gasteiger partial charge in [0.1, 0.15) is 11.4 Å². The Balaban J connectivity index is 1.77. The van der Waals surface area contributed by atoms with Crippen molar-refractivity contribution in [2.45, 2.75) is 26.4 Å². The molecule has 1 heterocycles. The van der Waals surface area contributed by atoms with Crippen LogP contribution in [0.5, 0.6) is 0 Å². The lowest BCUT2D eigenvalue weighted by molar-refractivity contribution is -0.00870. The molecule has 2 fully saturated rings. The van der Waals surface area contributed by atoms with Gasteiger partial charge in [0.2, 0.25) is 0 Å². The zero-order valence-electron chi connectivity index (χ0n) is 12.6. The highest BCUT2D eigenvalue weighted by Gasteiger charge is 2.76. The van der Waals surface area contributed by atoms with Crippen molar-refractivity contribution in [3.63, 3.8) is 0 Å². The van der Waals surface area contributed by atoms with Gasteiger partial charge in [-0.25, -0.2) is 9.18 Å². The quantitative estimate of drug-likeness (QED) is 0.912. The van der Waals surface area contributed by atoms with Gasteiger partial charge in [-0.2, -0.15) is 0 Å². The highest BCUT2D eigenvalue weighted by atomic mass is 19.1. The van der Waals surface area contributed by atoms with E-state index in [1.54, 1.807) is 12.1 Å². The van der Waals surface area contributed by atoms with E-state index in [0.29, 0.717) is 0 Å². The van der Waals surface area contributed by atoms with E-state index in [1.165, 1.54) is 12.1 Å². The molecular formula is C16H21FN2O2. The number of fused-ring (bicyclic) bond motifs is 1. The van der Waals surface area contributed by atoms with Crippen LogP contribution in [0, 0.1) is 23.1 Å². The number of nitrogens with zero attached hydrogens (tertiary/aromatic N) is 1. The Morgan fingerprint density at radius 3 is 2.24 bits per heavy atom. The molecule has 2 N–H and O–H groups in total. The van der Waals surface area contributed by atoms with Gasteiger partial charge < -0.3 is 15.4 Å². The largest absolute Gasteiger partial charge is 0.442 e. The van der Waals surface area contributed by atoms with Gasteiger partial charge >= 0.3 is 6.09 Å². The highest BCUT2D eigenvalue weighted by molar-refractivity contribution is 5.66. The van der Waals surface area contributed by atoms with Gasteiger partial charge in [0.05, 0.1) is 0 Å². The standard InChI is InChI=1S/C16H21FN2O2/c1-15(2,3)16(21-14(18)20)12-8-19(9-13(12)16)11-6-4-10(17)5-7-11/h4-7,12-13H,8-9H2,1-3H3,(H2,18,20). The number of piperidine rings is 1. The lowest BCUT2D eigenvalue weighted by Gasteiger charge is -2.36. The highest BCUT2D eigenvalue weighted by Crippen LogP contribution is 2.66. The molecule has 1 saturated carbocycles. The predicted octanol–water partition coefficient (Wildman–Crippen LogP) is 2.77. The van der Waals surface area contributed by atoms with Crippen molar-refractivity contribution < 1.29 is 13.9 Å². The first-order valence-electron chi connectivity index (χ1n) is 7.24. The number of nitrogens with two attached hydrogens (primary N) is 1. The number of primary amides is 1. The number of amides is 1. The topological polar surface area (TPSA) is 55.6 Å². The number of benzene rings is 1. The number of ether oxygens (including phenoxy) is 1. The molecule has 21 heavy (non-hydrogen) atoms. The summed E-state index contributed by atoms with van der Waals surface area (Å²) in [6.45, 7) is 7.85. The second kappa shape index (κ2) is 4.36. The molecule has 1 aromatic rings. The summed E-state index contributed by atoms with van der Waals surface area (Å²) in [5.74, 6) is 0.342. The number of carbonyl (C=O) groups excluding carboxylic acids is 1. The molecule has 114 valence electrons. The monoisotopic (exact) mass is 292 g/mol. The average molecular weight is 292 g/mol. The van der Waals surface area contributed by atoms with E-state index in [1.807, 2.05) is 0 Å². The third-order valence-corrected chi connectivity index (χ3v) is 4.95. The first-order chi connectivity index (χ1) is 9.75. The van der Waals surface area contributed by atoms with Crippen LogP contribution in [-0.4, -0.2) is 24.8 Å². The number of hydrogen-bond donors (Lipinski definition) is 1. The molecule has 0 bridgehead atoms. The number of anilines is 1. The summed E-state index contributed by atoms with van der Waals surface area (Å²) in [6.07, 6.45) is -0.701. The normalized spacial score (nSPS) is 31.0. The zero-order valence-corrected chi connectivity index (χ0v) is 12.6. The van der Waals surface area contributed by atoms with Crippen LogP contribution < -0.4 is 10.6 Å². The third kappa shape index (κ3) is 2.06. The molecule has 1 aliphatic carbocycles. The Morgan fingerprint density at radius 2 is 1.81 bits per heavy atom. The second-order valence-electron chi connectivity index (χ2n) is 7.06. The summed E-state index contributed by atoms with van der Waals surface area (Å²) >= 11 is 0. The fourth-order valence-electron chi connectivity index (χ4n) is 4.03. The van der Waals surface area contributed by atoms with Crippen LogP contribution in [0.1, 0.15) is 20.8 Å². The minimum Gasteiger partial charge on any atom is -0.442 e. The van der Waals surface area contributed by atoms with E-state index < -0.39 is 11.7 Å². The summed E-state index contributed by atoms with van der Waals surface area (Å²) in [6, 6.07) is 6.51. The van der Waals surface area contributed by atoms with Crippen LogP contribution in [-0.2, 0) is 4.74 Å². The van der Waals surface area contributed by atoms with Gasteiger partial charge in [-0.15, -0.1) is 0 Å². The molecule has 0 radical (unpaired) electrons. The molecule has 3 rings (SSSR count). The molecule has 1 amide bonds. The Kier molecular flexibility index (Phi) is 2.94. The van der Waals surface area contributed by atoms with Crippen LogP contribution in [0.2, 0.25) is 0 Å². The Morgan fingerprint density at radius 1 is 1.29 bits per heavy atom. The summed E-state index contributed by atoms with van der Waals surface area (Å²) < 4.78 is 18.5. The second-order valence-corrected chi connectivity index (χ2v) is 7.06. The maximum absolute atomic E-state index is 13.0. The molecule has 1 saturated heterocycles. The number of halogens is 1. The van der Waals surface area contributed by atoms with Crippen molar-refractivity contribution in [2.24, 2.45) is 23.0 Å². The van der Waals surface area contributed by atoms with Crippen molar-refractivity contribution in [3.8, 4) is 0 Å². The molecule has 1 aromatic carbocycles. The Bertz CT molecular complexity index is 553. The maximum Gasteiger partial charge on any atom is 0.405 e. The van der Waals surface area contributed by atoms with Gasteiger partial charge in [-0.3, -0.25) is 0 Å². The van der Waals surface area contributed by atoms with Crippen LogP contribution in [0.3, 0.4) is 0 Å². The van der Waals surface area contributed by atoms with Crippen LogP contribution >= 0.6 is 0 Å². The van der Waals surface area contributed by atoms with Gasteiger partial charge in [-0.05, 0) is 24.3 Å². The lowest BCUT2D eigenvalue weighted by Crippen LogP contribution is -2.44. The molecule has 0 spiro atoms. The van der Waals surface area contributed by atoms with E-state index in [9.17, 15) is 9.18 Å². The van der Waals surface area contributed by atoms with E-state index >= 15 is 0 Å². The number of carbonyl (C=O) groups is 1. The number of hydrogen-bond acceptors (Lipinski definition) is 3. The molecule has 0 aromatic heterocycles. The maximum atomic E-state index is 13.0. The smallest absolute Gasteiger partial charge is 0.405 e. The summed E-state index contributed by atoms with van der Waals surface area (Å²) in [4.78, 5) is 13.5. The Labute approximate surface area is 124 Å². The molecule has 1 aliphatic heterocycles. The fourth-order valence-corrected chi connectivity index (χ4v) is 4.03. The summed E-state index contributed by atoms with van der Waals surface area (Å²) in [5.41, 5.74) is 5.66. The first kappa shape index (κ1) is 14.2. The molecule has 2 atom stereocenters. The van der Waals surface area contributed by atoms with E-state index in [-0.39, 0.29) is 23.1 Å².